The summed E-state index contributed by atoms with van der Waals surface area (Å²) < 4.78 is 2.18. The monoisotopic (exact) mass is 513 g/mol. The second-order valence-electron chi connectivity index (χ2n) is 6.99. The number of aromatic nitrogens is 2. The third-order valence-corrected chi connectivity index (χ3v) is 5.15. The molecule has 2 unspecified atom stereocenters. The number of guanidine groups is 1. The molecule has 10 heteroatoms. The van der Waals surface area contributed by atoms with Crippen molar-refractivity contribution in [3.63, 3.8) is 0 Å². The predicted molar refractivity (Wildman–Crippen MR) is 125 cm³/mol. The van der Waals surface area contributed by atoms with Crippen LogP contribution in [0.25, 0.3) is 0 Å². The molecule has 0 aliphatic carbocycles. The zero-order valence-corrected chi connectivity index (χ0v) is 19.0. The number of imidazole rings is 1. The molecule has 158 valence electrons. The molecular weight excluding hydrogens is 485 g/mol. The Kier molecular flexibility index (Phi) is 8.68. The van der Waals surface area contributed by atoms with Crippen LogP contribution >= 0.6 is 24.0 Å². The highest BCUT2D eigenvalue weighted by Gasteiger charge is 2.28. The van der Waals surface area contributed by atoms with Crippen LogP contribution in [0, 0.1) is 16.0 Å². The molecular formula is C19H28IN7O2. The minimum Gasteiger partial charge on any atom is -0.383 e. The summed E-state index contributed by atoms with van der Waals surface area (Å²) in [5, 5.41) is 17.4. The van der Waals surface area contributed by atoms with Crippen molar-refractivity contribution in [3.8, 4) is 0 Å². The zero-order chi connectivity index (χ0) is 19.9. The summed E-state index contributed by atoms with van der Waals surface area (Å²) >= 11 is 0. The lowest BCUT2D eigenvalue weighted by Gasteiger charge is -2.39. The molecule has 0 saturated carbocycles. The highest BCUT2D eigenvalue weighted by atomic mass is 127. The van der Waals surface area contributed by atoms with Gasteiger partial charge in [0, 0.05) is 63.4 Å². The lowest BCUT2D eigenvalue weighted by atomic mass is 9.93. The molecule has 0 radical (unpaired) electrons. The van der Waals surface area contributed by atoms with Crippen molar-refractivity contribution < 1.29 is 4.92 Å². The quantitative estimate of drug-likeness (QED) is 0.154. The Balaban J connectivity index is 0.00000300. The number of nitrogens with zero attached hydrogens (tertiary/aromatic N) is 5. The normalized spacial score (nSPS) is 19.4. The van der Waals surface area contributed by atoms with Gasteiger partial charge in [-0.15, -0.1) is 24.0 Å². The number of halogens is 1. The van der Waals surface area contributed by atoms with Crippen LogP contribution in [-0.2, 0) is 0 Å². The lowest BCUT2D eigenvalue weighted by molar-refractivity contribution is -0.384. The van der Waals surface area contributed by atoms with Crippen LogP contribution in [0.3, 0.4) is 0 Å². The van der Waals surface area contributed by atoms with Gasteiger partial charge in [0.1, 0.15) is 0 Å². The van der Waals surface area contributed by atoms with Crippen LogP contribution in [-0.4, -0.2) is 58.6 Å². The molecule has 2 N–H and O–H groups in total. The standard InChI is InChI=1S/C19H27N7O2.HI/c1-15-7-11-24(13-18(15)25-12-10-21-14-25)19(20-2)23-9-8-22-16-3-5-17(6-4-16)26(27)28;/h3-6,10,12,14-15,18,22H,7-9,11,13H2,1-2H3,(H,20,23);1H. The van der Waals surface area contributed by atoms with Gasteiger partial charge in [-0.25, -0.2) is 4.98 Å². The number of non-ortho nitro benzene ring substituents is 1. The number of nitro groups is 1. The van der Waals surface area contributed by atoms with E-state index < -0.39 is 4.92 Å². The summed E-state index contributed by atoms with van der Waals surface area (Å²) in [5.41, 5.74) is 0.949. The average molecular weight is 513 g/mol. The molecule has 1 aromatic carbocycles. The number of hydrogen-bond donors (Lipinski definition) is 2. The van der Waals surface area contributed by atoms with Gasteiger partial charge in [-0.05, 0) is 24.5 Å². The van der Waals surface area contributed by atoms with Gasteiger partial charge < -0.3 is 20.1 Å². The molecule has 3 rings (SSSR count). The molecule has 29 heavy (non-hydrogen) atoms. The second-order valence-corrected chi connectivity index (χ2v) is 6.99. The van der Waals surface area contributed by atoms with E-state index >= 15 is 0 Å². The first-order valence-electron chi connectivity index (χ1n) is 9.50. The van der Waals surface area contributed by atoms with Crippen LogP contribution in [0.5, 0.6) is 0 Å². The Labute approximate surface area is 187 Å². The summed E-state index contributed by atoms with van der Waals surface area (Å²) in [6.45, 7) is 5.54. The minimum absolute atomic E-state index is 0. The summed E-state index contributed by atoms with van der Waals surface area (Å²) in [6.07, 6.45) is 6.83. The molecule has 0 bridgehead atoms. The summed E-state index contributed by atoms with van der Waals surface area (Å²) in [4.78, 5) is 21.2. The smallest absolute Gasteiger partial charge is 0.269 e. The van der Waals surface area contributed by atoms with E-state index in [0.717, 1.165) is 31.2 Å². The summed E-state index contributed by atoms with van der Waals surface area (Å²) in [6, 6.07) is 6.82. The SMILES string of the molecule is CN=C(NCCNc1ccc([N+](=O)[O-])cc1)N1CCC(C)C(n2ccnc2)C1.I. The van der Waals surface area contributed by atoms with Gasteiger partial charge in [0.15, 0.2) is 5.96 Å². The summed E-state index contributed by atoms with van der Waals surface area (Å²) in [7, 11) is 1.80. The molecule has 0 amide bonds. The van der Waals surface area contributed by atoms with E-state index in [-0.39, 0.29) is 29.7 Å². The Morgan fingerprint density at radius 3 is 2.72 bits per heavy atom. The van der Waals surface area contributed by atoms with E-state index in [1.54, 1.807) is 19.2 Å². The fraction of sp³-hybridized carbons (Fsp3) is 0.474. The van der Waals surface area contributed by atoms with Crippen molar-refractivity contribution in [2.75, 3.05) is 38.5 Å². The molecule has 1 aliphatic rings. The highest BCUT2D eigenvalue weighted by molar-refractivity contribution is 14.0. The molecule has 1 aliphatic heterocycles. The maximum Gasteiger partial charge on any atom is 0.269 e. The van der Waals surface area contributed by atoms with Crippen LogP contribution < -0.4 is 10.6 Å². The van der Waals surface area contributed by atoms with Crippen molar-refractivity contribution in [2.45, 2.75) is 19.4 Å². The first-order chi connectivity index (χ1) is 13.6. The Morgan fingerprint density at radius 2 is 2.10 bits per heavy atom. The Hall–Kier alpha value is -2.37. The third kappa shape index (κ3) is 6.05. The average Bonchev–Trinajstić information content (AvgIpc) is 3.24. The number of aliphatic imine (C=N–C) groups is 1. The Bertz CT molecular complexity index is 795. The lowest BCUT2D eigenvalue weighted by Crippen LogP contribution is -2.49. The molecule has 0 spiro atoms. The number of rotatable bonds is 6. The number of benzene rings is 1. The fourth-order valence-electron chi connectivity index (χ4n) is 3.51. The van der Waals surface area contributed by atoms with Gasteiger partial charge in [0.05, 0.1) is 17.3 Å². The van der Waals surface area contributed by atoms with Gasteiger partial charge in [-0.3, -0.25) is 15.1 Å². The van der Waals surface area contributed by atoms with Crippen LogP contribution in [0.4, 0.5) is 11.4 Å². The van der Waals surface area contributed by atoms with Crippen molar-refractivity contribution in [2.24, 2.45) is 10.9 Å². The first kappa shape index (κ1) is 22.9. The van der Waals surface area contributed by atoms with Gasteiger partial charge in [-0.2, -0.15) is 0 Å². The van der Waals surface area contributed by atoms with Gasteiger partial charge in [-0.1, -0.05) is 6.92 Å². The number of likely N-dealkylation sites (tertiary alicyclic amines) is 1. The van der Waals surface area contributed by atoms with E-state index in [9.17, 15) is 10.1 Å². The highest BCUT2D eigenvalue weighted by Crippen LogP contribution is 2.27. The number of nitro benzene ring substituents is 1. The van der Waals surface area contributed by atoms with Crippen LogP contribution in [0.15, 0.2) is 48.0 Å². The van der Waals surface area contributed by atoms with Crippen LogP contribution in [0.1, 0.15) is 19.4 Å². The maximum atomic E-state index is 10.7. The molecule has 9 nitrogen and oxygen atoms in total. The fourth-order valence-corrected chi connectivity index (χ4v) is 3.51. The van der Waals surface area contributed by atoms with Crippen LogP contribution in [0.2, 0.25) is 0 Å². The molecule has 2 heterocycles. The van der Waals surface area contributed by atoms with E-state index in [1.165, 1.54) is 12.1 Å². The summed E-state index contributed by atoms with van der Waals surface area (Å²) in [5.74, 6) is 1.48. The largest absolute Gasteiger partial charge is 0.383 e. The van der Waals surface area contributed by atoms with E-state index in [4.69, 9.17) is 0 Å². The number of hydrogen-bond acceptors (Lipinski definition) is 5. The van der Waals surface area contributed by atoms with E-state index in [1.807, 2.05) is 18.7 Å². The molecule has 1 saturated heterocycles. The molecule has 1 fully saturated rings. The predicted octanol–water partition coefficient (Wildman–Crippen LogP) is 2.98. The first-order valence-corrected chi connectivity index (χ1v) is 9.50. The van der Waals surface area contributed by atoms with Crippen molar-refractivity contribution in [1.82, 2.24) is 19.8 Å². The van der Waals surface area contributed by atoms with Crippen molar-refractivity contribution in [3.05, 3.63) is 53.1 Å². The topological polar surface area (TPSA) is 101 Å². The third-order valence-electron chi connectivity index (χ3n) is 5.15. The van der Waals surface area contributed by atoms with E-state index in [2.05, 4.69) is 37.0 Å². The molecule has 2 atom stereocenters. The van der Waals surface area contributed by atoms with Gasteiger partial charge >= 0.3 is 0 Å². The van der Waals surface area contributed by atoms with Crippen molar-refractivity contribution >= 4 is 41.3 Å². The zero-order valence-electron chi connectivity index (χ0n) is 16.7. The van der Waals surface area contributed by atoms with Gasteiger partial charge in [0.2, 0.25) is 0 Å². The van der Waals surface area contributed by atoms with Crippen molar-refractivity contribution in [1.29, 1.82) is 0 Å². The molecule has 2 aromatic rings. The van der Waals surface area contributed by atoms with Gasteiger partial charge in [0.25, 0.3) is 5.69 Å². The second kappa shape index (κ2) is 11.0. The number of anilines is 1. The Morgan fingerprint density at radius 1 is 1.34 bits per heavy atom. The molecule has 1 aromatic heterocycles. The number of piperidine rings is 1. The minimum atomic E-state index is -0.397. The number of nitrogens with one attached hydrogen (secondary N) is 2. The van der Waals surface area contributed by atoms with E-state index in [0.29, 0.717) is 25.0 Å². The maximum absolute atomic E-state index is 10.7.